The molecule has 5 heteroatoms. The first-order valence-electron chi connectivity index (χ1n) is 12.7. The SMILES string of the molecule is CC(C)NC(=O)c1ccc2c(c1)nc(C(C)Oc1ccccc1)n2Cc1ccccc1-c1ccccc1. The van der Waals surface area contributed by atoms with Crippen LogP contribution >= 0.6 is 0 Å². The summed E-state index contributed by atoms with van der Waals surface area (Å²) in [6.07, 6.45) is -0.299. The van der Waals surface area contributed by atoms with Crippen LogP contribution in [0.3, 0.4) is 0 Å². The molecule has 0 saturated heterocycles. The summed E-state index contributed by atoms with van der Waals surface area (Å²) in [5, 5.41) is 2.97. The average Bonchev–Trinajstić information content (AvgIpc) is 3.27. The first-order valence-corrected chi connectivity index (χ1v) is 12.7. The molecule has 1 heterocycles. The van der Waals surface area contributed by atoms with E-state index in [0.29, 0.717) is 12.1 Å². The third kappa shape index (κ3) is 5.41. The van der Waals surface area contributed by atoms with E-state index in [1.54, 1.807) is 0 Å². The number of carbonyl (C=O) groups is 1. The van der Waals surface area contributed by atoms with Crippen LogP contribution in [0.1, 0.15) is 48.6 Å². The second kappa shape index (κ2) is 10.7. The molecule has 1 atom stereocenters. The lowest BCUT2D eigenvalue weighted by Gasteiger charge is -2.18. The number of amides is 1. The van der Waals surface area contributed by atoms with Gasteiger partial charge in [0.15, 0.2) is 11.9 Å². The van der Waals surface area contributed by atoms with Crippen LogP contribution < -0.4 is 10.1 Å². The molecule has 5 rings (SSSR count). The van der Waals surface area contributed by atoms with E-state index in [1.807, 2.05) is 75.4 Å². The number of imidazole rings is 1. The molecule has 0 radical (unpaired) electrons. The van der Waals surface area contributed by atoms with Crippen LogP contribution in [-0.4, -0.2) is 21.5 Å². The summed E-state index contributed by atoms with van der Waals surface area (Å²) in [6, 6.07) is 34.4. The zero-order valence-corrected chi connectivity index (χ0v) is 21.4. The van der Waals surface area contributed by atoms with E-state index in [1.165, 1.54) is 16.7 Å². The highest BCUT2D eigenvalue weighted by Crippen LogP contribution is 2.30. The van der Waals surface area contributed by atoms with E-state index in [-0.39, 0.29) is 18.1 Å². The molecule has 0 saturated carbocycles. The van der Waals surface area contributed by atoms with Crippen LogP contribution in [-0.2, 0) is 6.54 Å². The van der Waals surface area contributed by atoms with E-state index < -0.39 is 0 Å². The molecule has 186 valence electrons. The fourth-order valence-corrected chi connectivity index (χ4v) is 4.60. The summed E-state index contributed by atoms with van der Waals surface area (Å²) in [5.74, 6) is 1.49. The number of nitrogens with one attached hydrogen (secondary N) is 1. The second-order valence-electron chi connectivity index (χ2n) is 9.48. The van der Waals surface area contributed by atoms with Crippen molar-refractivity contribution < 1.29 is 9.53 Å². The first kappa shape index (κ1) is 24.3. The lowest BCUT2D eigenvalue weighted by atomic mass is 9.99. The second-order valence-corrected chi connectivity index (χ2v) is 9.48. The minimum atomic E-state index is -0.299. The van der Waals surface area contributed by atoms with Crippen molar-refractivity contribution in [3.63, 3.8) is 0 Å². The third-order valence-corrected chi connectivity index (χ3v) is 6.31. The van der Waals surface area contributed by atoms with Gasteiger partial charge in [0.05, 0.1) is 17.6 Å². The molecule has 1 aromatic heterocycles. The normalized spacial score (nSPS) is 12.0. The highest BCUT2D eigenvalue weighted by Gasteiger charge is 2.21. The number of aromatic nitrogens is 2. The smallest absolute Gasteiger partial charge is 0.251 e. The quantitative estimate of drug-likeness (QED) is 0.255. The van der Waals surface area contributed by atoms with Gasteiger partial charge in [-0.1, -0.05) is 72.8 Å². The monoisotopic (exact) mass is 489 g/mol. The topological polar surface area (TPSA) is 56.1 Å². The summed E-state index contributed by atoms with van der Waals surface area (Å²) < 4.78 is 8.49. The molecule has 1 N–H and O–H groups in total. The van der Waals surface area contributed by atoms with Gasteiger partial charge < -0.3 is 14.6 Å². The molecule has 0 aliphatic carbocycles. The number of carbonyl (C=O) groups excluding carboxylic acids is 1. The number of hydrogen-bond acceptors (Lipinski definition) is 3. The molecule has 0 aliphatic rings. The predicted molar refractivity (Wildman–Crippen MR) is 149 cm³/mol. The van der Waals surface area contributed by atoms with Crippen molar-refractivity contribution in [1.29, 1.82) is 0 Å². The van der Waals surface area contributed by atoms with Crippen molar-refractivity contribution in [3.05, 3.63) is 120 Å². The summed E-state index contributed by atoms with van der Waals surface area (Å²) in [5.41, 5.74) is 5.86. The number of para-hydroxylation sites is 1. The van der Waals surface area contributed by atoms with Crippen LogP contribution in [0, 0.1) is 0 Å². The maximum Gasteiger partial charge on any atom is 0.251 e. The predicted octanol–water partition coefficient (Wildman–Crippen LogP) is 7.03. The van der Waals surface area contributed by atoms with Crippen molar-refractivity contribution in [2.45, 2.75) is 39.5 Å². The van der Waals surface area contributed by atoms with Gasteiger partial charge in [0, 0.05) is 11.6 Å². The van der Waals surface area contributed by atoms with Gasteiger partial charge in [-0.25, -0.2) is 4.98 Å². The summed E-state index contributed by atoms with van der Waals surface area (Å²) in [7, 11) is 0. The number of nitrogens with zero attached hydrogens (tertiary/aromatic N) is 2. The largest absolute Gasteiger partial charge is 0.483 e. The van der Waals surface area contributed by atoms with Gasteiger partial charge in [0.2, 0.25) is 0 Å². The maximum absolute atomic E-state index is 12.7. The Hall–Kier alpha value is -4.38. The maximum atomic E-state index is 12.7. The Morgan fingerprint density at radius 1 is 0.865 bits per heavy atom. The third-order valence-electron chi connectivity index (χ3n) is 6.31. The van der Waals surface area contributed by atoms with Crippen LogP contribution in [0.25, 0.3) is 22.2 Å². The van der Waals surface area contributed by atoms with Crippen molar-refractivity contribution >= 4 is 16.9 Å². The Bertz CT molecular complexity index is 1510. The Kier molecular flexibility index (Phi) is 7.04. The van der Waals surface area contributed by atoms with Crippen molar-refractivity contribution in [1.82, 2.24) is 14.9 Å². The Balaban J connectivity index is 1.59. The molecular formula is C32H31N3O2. The molecule has 4 aromatic carbocycles. The van der Waals surface area contributed by atoms with E-state index in [4.69, 9.17) is 9.72 Å². The van der Waals surface area contributed by atoms with Crippen LogP contribution in [0.5, 0.6) is 5.75 Å². The number of fused-ring (bicyclic) bond motifs is 1. The van der Waals surface area contributed by atoms with Gasteiger partial charge in [-0.15, -0.1) is 0 Å². The molecule has 5 aromatic rings. The standard InChI is InChI=1S/C32H31N3O2/c1-22(2)33-32(36)25-18-19-30-29(20-25)34-31(23(3)37-27-15-8-5-9-16-27)35(30)21-26-14-10-11-17-28(26)24-12-6-4-7-13-24/h4-20,22-23H,21H2,1-3H3,(H,33,36). The van der Waals surface area contributed by atoms with Gasteiger partial charge in [-0.3, -0.25) is 4.79 Å². The minimum Gasteiger partial charge on any atom is -0.483 e. The van der Waals surface area contributed by atoms with E-state index >= 15 is 0 Å². The zero-order chi connectivity index (χ0) is 25.8. The summed E-state index contributed by atoms with van der Waals surface area (Å²) in [4.78, 5) is 17.7. The number of ether oxygens (including phenoxy) is 1. The molecule has 37 heavy (non-hydrogen) atoms. The van der Waals surface area contributed by atoms with Crippen molar-refractivity contribution in [2.75, 3.05) is 0 Å². The number of benzene rings is 4. The lowest BCUT2D eigenvalue weighted by Crippen LogP contribution is -2.29. The van der Waals surface area contributed by atoms with Crippen LogP contribution in [0.15, 0.2) is 103 Å². The van der Waals surface area contributed by atoms with Gasteiger partial charge in [-0.05, 0) is 67.8 Å². The van der Waals surface area contributed by atoms with Gasteiger partial charge in [0.1, 0.15) is 5.75 Å². The fraction of sp³-hybridized carbons (Fsp3) is 0.188. The molecule has 0 aliphatic heterocycles. The first-order chi connectivity index (χ1) is 18.0. The zero-order valence-electron chi connectivity index (χ0n) is 21.4. The van der Waals surface area contributed by atoms with Gasteiger partial charge >= 0.3 is 0 Å². The van der Waals surface area contributed by atoms with E-state index in [2.05, 4.69) is 58.4 Å². The number of rotatable bonds is 8. The van der Waals surface area contributed by atoms with Gasteiger partial charge in [-0.2, -0.15) is 0 Å². The minimum absolute atomic E-state index is 0.0603. The number of hydrogen-bond donors (Lipinski definition) is 1. The molecular weight excluding hydrogens is 458 g/mol. The van der Waals surface area contributed by atoms with E-state index in [0.717, 1.165) is 22.6 Å². The molecule has 1 amide bonds. The van der Waals surface area contributed by atoms with Crippen LogP contribution in [0.2, 0.25) is 0 Å². The summed E-state index contributed by atoms with van der Waals surface area (Å²) in [6.45, 7) is 6.54. The Labute approximate surface area is 217 Å². The average molecular weight is 490 g/mol. The lowest BCUT2D eigenvalue weighted by molar-refractivity contribution is 0.0943. The molecule has 5 nitrogen and oxygen atoms in total. The highest BCUT2D eigenvalue weighted by molar-refractivity contribution is 5.97. The molecule has 0 bridgehead atoms. The van der Waals surface area contributed by atoms with Crippen LogP contribution in [0.4, 0.5) is 0 Å². The van der Waals surface area contributed by atoms with Gasteiger partial charge in [0.25, 0.3) is 5.91 Å². The highest BCUT2D eigenvalue weighted by atomic mass is 16.5. The molecule has 0 spiro atoms. The van der Waals surface area contributed by atoms with E-state index in [9.17, 15) is 4.79 Å². The fourth-order valence-electron chi connectivity index (χ4n) is 4.60. The molecule has 0 fully saturated rings. The molecule has 1 unspecified atom stereocenters. The van der Waals surface area contributed by atoms with Crippen molar-refractivity contribution in [2.24, 2.45) is 0 Å². The van der Waals surface area contributed by atoms with Crippen molar-refractivity contribution in [3.8, 4) is 16.9 Å². The Morgan fingerprint density at radius 2 is 1.54 bits per heavy atom. The Morgan fingerprint density at radius 3 is 2.27 bits per heavy atom. The summed E-state index contributed by atoms with van der Waals surface area (Å²) >= 11 is 0.